The number of nitrogens with zero attached hydrogens (tertiary/aromatic N) is 1. The molecule has 0 aliphatic rings. The van der Waals surface area contributed by atoms with Gasteiger partial charge in [0, 0.05) is 19.3 Å². The second-order valence-corrected chi connectivity index (χ2v) is 7.59. The Balaban J connectivity index is 2.85. The van der Waals surface area contributed by atoms with Crippen LogP contribution in [-0.4, -0.2) is 38.0 Å². The average molecular weight is 313 g/mol. The molecule has 0 fully saturated rings. The maximum atomic E-state index is 11.7. The minimum atomic E-state index is -3.17. The van der Waals surface area contributed by atoms with Gasteiger partial charge in [-0.05, 0) is 42.9 Å². The molecule has 0 radical (unpaired) electrons. The van der Waals surface area contributed by atoms with Crippen molar-refractivity contribution < 1.29 is 13.6 Å². The summed E-state index contributed by atoms with van der Waals surface area (Å²) < 4.78 is 23.3. The summed E-state index contributed by atoms with van der Waals surface area (Å²) in [7, 11) is -3.17. The van der Waals surface area contributed by atoms with Crippen LogP contribution in [-0.2, 0) is 9.84 Å². The van der Waals surface area contributed by atoms with E-state index < -0.39 is 9.84 Å². The number of benzene rings is 1. The number of hydrogen-bond acceptors (Lipinski definition) is 4. The molecule has 0 spiro atoms. The standard InChI is InChI=1S/C16H27NO3S/c1-4-7-14(10-12-17(18)11-5-2)15-8-6-9-16(13-15)21(3,19)20/h6,8-9,13-14,18H,4-5,7,10-12H2,1-3H3. The molecule has 1 unspecified atom stereocenters. The van der Waals surface area contributed by atoms with Gasteiger partial charge >= 0.3 is 0 Å². The van der Waals surface area contributed by atoms with Crippen molar-refractivity contribution >= 4 is 9.84 Å². The van der Waals surface area contributed by atoms with Crippen LogP contribution in [0, 0.1) is 0 Å². The van der Waals surface area contributed by atoms with Crippen LogP contribution in [0.1, 0.15) is 51.0 Å². The largest absolute Gasteiger partial charge is 0.314 e. The Labute approximate surface area is 128 Å². The minimum absolute atomic E-state index is 0.281. The van der Waals surface area contributed by atoms with E-state index in [9.17, 15) is 13.6 Å². The number of hydrogen-bond donors (Lipinski definition) is 1. The van der Waals surface area contributed by atoms with E-state index in [1.54, 1.807) is 18.2 Å². The molecule has 4 nitrogen and oxygen atoms in total. The summed E-state index contributed by atoms with van der Waals surface area (Å²) in [6.45, 7) is 5.43. The van der Waals surface area contributed by atoms with E-state index in [1.807, 2.05) is 13.0 Å². The molecule has 0 aromatic heterocycles. The van der Waals surface area contributed by atoms with Crippen molar-refractivity contribution in [2.24, 2.45) is 0 Å². The van der Waals surface area contributed by atoms with E-state index in [0.717, 1.165) is 31.2 Å². The molecule has 1 atom stereocenters. The lowest BCUT2D eigenvalue weighted by Gasteiger charge is -2.20. The van der Waals surface area contributed by atoms with Gasteiger partial charge in [0.1, 0.15) is 0 Å². The van der Waals surface area contributed by atoms with E-state index in [2.05, 4.69) is 6.92 Å². The molecule has 1 rings (SSSR count). The van der Waals surface area contributed by atoms with Crippen molar-refractivity contribution in [3.05, 3.63) is 29.8 Å². The fourth-order valence-corrected chi connectivity index (χ4v) is 3.18. The summed E-state index contributed by atoms with van der Waals surface area (Å²) >= 11 is 0. The van der Waals surface area contributed by atoms with Gasteiger partial charge in [-0.15, -0.1) is 0 Å². The van der Waals surface area contributed by atoms with Crippen LogP contribution in [0.4, 0.5) is 0 Å². The van der Waals surface area contributed by atoms with Crippen LogP contribution in [0.15, 0.2) is 29.2 Å². The van der Waals surface area contributed by atoms with Gasteiger partial charge in [0.25, 0.3) is 0 Å². The van der Waals surface area contributed by atoms with Gasteiger partial charge in [0.15, 0.2) is 9.84 Å². The maximum Gasteiger partial charge on any atom is 0.175 e. The third kappa shape index (κ3) is 6.16. The van der Waals surface area contributed by atoms with Crippen molar-refractivity contribution in [1.82, 2.24) is 5.06 Å². The van der Waals surface area contributed by atoms with Gasteiger partial charge in [-0.3, -0.25) is 0 Å². The van der Waals surface area contributed by atoms with E-state index in [-0.39, 0.29) is 5.92 Å². The predicted octanol–water partition coefficient (Wildman–Crippen LogP) is 3.47. The molecule has 0 aliphatic carbocycles. The summed E-state index contributed by atoms with van der Waals surface area (Å²) in [5.74, 6) is 0.281. The second kappa shape index (κ2) is 8.51. The zero-order valence-electron chi connectivity index (χ0n) is 13.2. The number of sulfone groups is 1. The fourth-order valence-electron chi connectivity index (χ4n) is 2.50. The molecule has 5 heteroatoms. The predicted molar refractivity (Wildman–Crippen MR) is 85.5 cm³/mol. The monoisotopic (exact) mass is 313 g/mol. The molecule has 1 aromatic carbocycles. The Morgan fingerprint density at radius 2 is 1.86 bits per heavy atom. The van der Waals surface area contributed by atoms with Gasteiger partial charge < -0.3 is 5.21 Å². The van der Waals surface area contributed by atoms with Crippen LogP contribution in [0.25, 0.3) is 0 Å². The van der Waals surface area contributed by atoms with Crippen LogP contribution >= 0.6 is 0 Å². The number of hydroxylamine groups is 2. The van der Waals surface area contributed by atoms with E-state index in [0.29, 0.717) is 18.0 Å². The summed E-state index contributed by atoms with van der Waals surface area (Å²) in [5.41, 5.74) is 1.05. The number of rotatable bonds is 9. The van der Waals surface area contributed by atoms with Crippen molar-refractivity contribution in [2.45, 2.75) is 50.3 Å². The third-order valence-corrected chi connectivity index (χ3v) is 4.72. The maximum absolute atomic E-state index is 11.7. The van der Waals surface area contributed by atoms with Crippen molar-refractivity contribution in [1.29, 1.82) is 0 Å². The fraction of sp³-hybridized carbons (Fsp3) is 0.625. The highest BCUT2D eigenvalue weighted by atomic mass is 32.2. The molecule has 1 N–H and O–H groups in total. The van der Waals surface area contributed by atoms with Gasteiger partial charge in [-0.2, -0.15) is 5.06 Å². The highest BCUT2D eigenvalue weighted by molar-refractivity contribution is 7.90. The SMILES string of the molecule is CCCC(CCN(O)CCC)c1cccc(S(C)(=O)=O)c1. The van der Waals surface area contributed by atoms with Crippen LogP contribution in [0.5, 0.6) is 0 Å². The molecule has 0 bridgehead atoms. The summed E-state index contributed by atoms with van der Waals surface area (Å²) in [6, 6.07) is 7.20. The third-order valence-electron chi connectivity index (χ3n) is 3.61. The smallest absolute Gasteiger partial charge is 0.175 e. The molecular formula is C16H27NO3S. The van der Waals surface area contributed by atoms with Crippen molar-refractivity contribution in [2.75, 3.05) is 19.3 Å². The van der Waals surface area contributed by atoms with Gasteiger partial charge in [0.05, 0.1) is 4.90 Å². The zero-order valence-corrected chi connectivity index (χ0v) is 14.1. The van der Waals surface area contributed by atoms with E-state index in [1.165, 1.54) is 11.3 Å². The topological polar surface area (TPSA) is 57.6 Å². The van der Waals surface area contributed by atoms with Crippen LogP contribution < -0.4 is 0 Å². The molecular weight excluding hydrogens is 286 g/mol. The Hall–Kier alpha value is -0.910. The molecule has 1 aromatic rings. The first kappa shape index (κ1) is 18.1. The molecule has 0 aliphatic heterocycles. The lowest BCUT2D eigenvalue weighted by molar-refractivity contribution is -0.0921. The summed E-state index contributed by atoms with van der Waals surface area (Å²) in [6.07, 6.45) is 5.01. The van der Waals surface area contributed by atoms with E-state index in [4.69, 9.17) is 0 Å². The second-order valence-electron chi connectivity index (χ2n) is 5.57. The first-order chi connectivity index (χ1) is 9.88. The molecule has 0 saturated carbocycles. The Bertz CT molecular complexity index is 528. The zero-order chi connectivity index (χ0) is 15.9. The average Bonchev–Trinajstić information content (AvgIpc) is 2.43. The normalized spacial score (nSPS) is 13.6. The van der Waals surface area contributed by atoms with Crippen LogP contribution in [0.2, 0.25) is 0 Å². The first-order valence-corrected chi connectivity index (χ1v) is 9.51. The highest BCUT2D eigenvalue weighted by Gasteiger charge is 2.15. The molecule has 21 heavy (non-hydrogen) atoms. The van der Waals surface area contributed by atoms with E-state index >= 15 is 0 Å². The van der Waals surface area contributed by atoms with Gasteiger partial charge in [-0.1, -0.05) is 32.4 Å². The Morgan fingerprint density at radius 3 is 2.43 bits per heavy atom. The van der Waals surface area contributed by atoms with Crippen molar-refractivity contribution in [3.63, 3.8) is 0 Å². The lowest BCUT2D eigenvalue weighted by Crippen LogP contribution is -2.22. The molecule has 0 amide bonds. The quantitative estimate of drug-likeness (QED) is 0.709. The highest BCUT2D eigenvalue weighted by Crippen LogP contribution is 2.27. The molecule has 120 valence electrons. The lowest BCUT2D eigenvalue weighted by atomic mass is 9.91. The molecule has 0 saturated heterocycles. The Morgan fingerprint density at radius 1 is 1.14 bits per heavy atom. The summed E-state index contributed by atoms with van der Waals surface area (Å²) in [4.78, 5) is 0.371. The molecule has 0 heterocycles. The Kier molecular flexibility index (Phi) is 7.35. The van der Waals surface area contributed by atoms with Gasteiger partial charge in [0.2, 0.25) is 0 Å². The first-order valence-electron chi connectivity index (χ1n) is 7.62. The summed E-state index contributed by atoms with van der Waals surface area (Å²) in [5, 5.41) is 11.1. The minimum Gasteiger partial charge on any atom is -0.314 e. The van der Waals surface area contributed by atoms with Crippen LogP contribution in [0.3, 0.4) is 0 Å². The van der Waals surface area contributed by atoms with Gasteiger partial charge in [-0.25, -0.2) is 8.42 Å². The van der Waals surface area contributed by atoms with Crippen molar-refractivity contribution in [3.8, 4) is 0 Å².